The fourth-order valence-electron chi connectivity index (χ4n) is 0.732. The Hall–Kier alpha value is -0.398. The Morgan fingerprint density at radius 1 is 1.43 bits per heavy atom. The minimum Gasteiger partial charge on any atom is -0.480 e. The first-order chi connectivity index (χ1) is 6.09. The number of carboxylic acid groups (broad SMARTS) is 1. The SMILES string of the molecule is O=C(O)COc1ccc(Cl)cc1Cl.[Cr]. The van der Waals surface area contributed by atoms with E-state index in [0.717, 1.165) is 0 Å². The number of ether oxygens (including phenoxy) is 1. The topological polar surface area (TPSA) is 46.5 Å². The van der Waals surface area contributed by atoms with Crippen molar-refractivity contribution in [2.45, 2.75) is 0 Å². The van der Waals surface area contributed by atoms with Crippen LogP contribution in [-0.4, -0.2) is 17.7 Å². The Labute approximate surface area is 102 Å². The van der Waals surface area contributed by atoms with Crippen molar-refractivity contribution < 1.29 is 32.0 Å². The van der Waals surface area contributed by atoms with Crippen LogP contribution in [-0.2, 0) is 22.2 Å². The fraction of sp³-hybridized carbons (Fsp3) is 0.125. The number of halogens is 2. The summed E-state index contributed by atoms with van der Waals surface area (Å²) >= 11 is 11.3. The first kappa shape index (κ1) is 13.6. The van der Waals surface area contributed by atoms with Gasteiger partial charge in [-0.05, 0) is 18.2 Å². The number of aliphatic carboxylic acids is 1. The maximum absolute atomic E-state index is 10.2. The van der Waals surface area contributed by atoms with Crippen LogP contribution in [0, 0.1) is 0 Å². The summed E-state index contributed by atoms with van der Waals surface area (Å²) in [4.78, 5) is 10.2. The second-order valence-electron chi connectivity index (χ2n) is 2.26. The number of hydrogen-bond donors (Lipinski definition) is 1. The van der Waals surface area contributed by atoms with Crippen LogP contribution >= 0.6 is 23.2 Å². The Morgan fingerprint density at radius 2 is 2.07 bits per heavy atom. The molecule has 0 heterocycles. The van der Waals surface area contributed by atoms with Crippen LogP contribution in [0.15, 0.2) is 18.2 Å². The zero-order valence-corrected chi connectivity index (χ0v) is 9.65. The normalized spacial score (nSPS) is 9.00. The molecule has 0 aliphatic rings. The molecule has 1 aromatic rings. The van der Waals surface area contributed by atoms with E-state index in [1.54, 1.807) is 6.07 Å². The van der Waals surface area contributed by atoms with Crippen LogP contribution in [0.2, 0.25) is 10.0 Å². The van der Waals surface area contributed by atoms with Crippen molar-refractivity contribution in [3.8, 4) is 5.75 Å². The molecule has 0 saturated heterocycles. The van der Waals surface area contributed by atoms with Crippen LogP contribution in [0.5, 0.6) is 5.75 Å². The van der Waals surface area contributed by atoms with Gasteiger partial charge in [0.25, 0.3) is 0 Å². The Bertz CT molecular complexity index is 330. The number of rotatable bonds is 3. The van der Waals surface area contributed by atoms with Gasteiger partial charge < -0.3 is 9.84 Å². The molecule has 3 nitrogen and oxygen atoms in total. The number of benzene rings is 1. The molecule has 1 N–H and O–H groups in total. The zero-order valence-electron chi connectivity index (χ0n) is 6.87. The second-order valence-corrected chi connectivity index (χ2v) is 3.10. The number of carbonyl (C=O) groups is 1. The van der Waals surface area contributed by atoms with Crippen molar-refractivity contribution >= 4 is 29.2 Å². The maximum atomic E-state index is 10.2. The maximum Gasteiger partial charge on any atom is 0.341 e. The van der Waals surface area contributed by atoms with Crippen LogP contribution in [0.3, 0.4) is 0 Å². The van der Waals surface area contributed by atoms with Gasteiger partial charge in [0.1, 0.15) is 5.75 Å². The van der Waals surface area contributed by atoms with Crippen molar-refractivity contribution in [1.82, 2.24) is 0 Å². The average molecular weight is 273 g/mol. The van der Waals surface area contributed by atoms with Gasteiger partial charge >= 0.3 is 5.97 Å². The Balaban J connectivity index is 0.00000169. The van der Waals surface area contributed by atoms with Crippen molar-refractivity contribution in [3.63, 3.8) is 0 Å². The summed E-state index contributed by atoms with van der Waals surface area (Å²) < 4.78 is 4.86. The summed E-state index contributed by atoms with van der Waals surface area (Å²) in [5.41, 5.74) is 0. The monoisotopic (exact) mass is 272 g/mol. The van der Waals surface area contributed by atoms with E-state index in [2.05, 4.69) is 0 Å². The molecule has 14 heavy (non-hydrogen) atoms. The third-order valence-corrected chi connectivity index (χ3v) is 1.78. The molecule has 1 aromatic carbocycles. The van der Waals surface area contributed by atoms with Crippen molar-refractivity contribution in [1.29, 1.82) is 0 Å². The zero-order chi connectivity index (χ0) is 9.84. The predicted molar refractivity (Wildman–Crippen MR) is 49.6 cm³/mol. The van der Waals surface area contributed by atoms with E-state index >= 15 is 0 Å². The average Bonchev–Trinajstić information content (AvgIpc) is 2.02. The summed E-state index contributed by atoms with van der Waals surface area (Å²) in [6.45, 7) is -0.415. The third kappa shape index (κ3) is 4.21. The molecule has 76 valence electrons. The molecular weight excluding hydrogens is 267 g/mol. The molecule has 0 fully saturated rings. The van der Waals surface area contributed by atoms with Crippen molar-refractivity contribution in [2.24, 2.45) is 0 Å². The van der Waals surface area contributed by atoms with Crippen molar-refractivity contribution in [2.75, 3.05) is 6.61 Å². The van der Waals surface area contributed by atoms with Gasteiger partial charge in [0.2, 0.25) is 0 Å². The summed E-state index contributed by atoms with van der Waals surface area (Å²) in [6.07, 6.45) is 0. The van der Waals surface area contributed by atoms with Crippen LogP contribution < -0.4 is 4.74 Å². The first-order valence-corrected chi connectivity index (χ1v) is 4.15. The van der Waals surface area contributed by atoms with Crippen molar-refractivity contribution in [3.05, 3.63) is 28.2 Å². The van der Waals surface area contributed by atoms with E-state index in [9.17, 15) is 4.79 Å². The van der Waals surface area contributed by atoms with E-state index in [-0.39, 0.29) is 17.4 Å². The molecule has 0 radical (unpaired) electrons. The van der Waals surface area contributed by atoms with Gasteiger partial charge in [0, 0.05) is 22.4 Å². The van der Waals surface area contributed by atoms with E-state index < -0.39 is 12.6 Å². The predicted octanol–water partition coefficient (Wildman–Crippen LogP) is 2.45. The van der Waals surface area contributed by atoms with Gasteiger partial charge in [-0.15, -0.1) is 0 Å². The molecule has 0 aliphatic carbocycles. The molecule has 0 spiro atoms. The molecule has 1 rings (SSSR count). The summed E-state index contributed by atoms with van der Waals surface area (Å²) in [5.74, 6) is -0.737. The summed E-state index contributed by atoms with van der Waals surface area (Å²) in [7, 11) is 0. The third-order valence-electron chi connectivity index (χ3n) is 1.25. The van der Waals surface area contributed by atoms with Crippen LogP contribution in [0.1, 0.15) is 0 Å². The Morgan fingerprint density at radius 3 is 2.57 bits per heavy atom. The number of carboxylic acids is 1. The summed E-state index contributed by atoms with van der Waals surface area (Å²) in [5, 5.41) is 9.11. The summed E-state index contributed by atoms with van der Waals surface area (Å²) in [6, 6.07) is 4.58. The van der Waals surface area contributed by atoms with Crippen LogP contribution in [0.25, 0.3) is 0 Å². The number of hydrogen-bond acceptors (Lipinski definition) is 2. The van der Waals surface area contributed by atoms with E-state index in [0.29, 0.717) is 15.8 Å². The molecule has 0 aliphatic heterocycles. The van der Waals surface area contributed by atoms with Gasteiger partial charge in [-0.2, -0.15) is 0 Å². The van der Waals surface area contributed by atoms with E-state index in [4.69, 9.17) is 33.0 Å². The molecule has 0 aromatic heterocycles. The van der Waals surface area contributed by atoms with Gasteiger partial charge in [-0.1, -0.05) is 23.2 Å². The van der Waals surface area contributed by atoms with E-state index in [1.165, 1.54) is 12.1 Å². The largest absolute Gasteiger partial charge is 0.480 e. The Kier molecular flexibility index (Phi) is 5.98. The molecule has 6 heteroatoms. The molecule has 0 bridgehead atoms. The quantitative estimate of drug-likeness (QED) is 0.920. The minimum atomic E-state index is -1.05. The smallest absolute Gasteiger partial charge is 0.341 e. The molecule has 0 saturated carbocycles. The van der Waals surface area contributed by atoms with Crippen LogP contribution in [0.4, 0.5) is 0 Å². The fourth-order valence-corrected chi connectivity index (χ4v) is 1.19. The van der Waals surface area contributed by atoms with Gasteiger partial charge in [0.15, 0.2) is 6.61 Å². The molecule has 0 unspecified atom stereocenters. The van der Waals surface area contributed by atoms with Gasteiger partial charge in [0.05, 0.1) is 5.02 Å². The molecular formula is C8H6Cl2CrO3. The second kappa shape index (κ2) is 6.15. The molecule has 0 atom stereocenters. The van der Waals surface area contributed by atoms with E-state index in [1.807, 2.05) is 0 Å². The standard InChI is InChI=1S/C8H6Cl2O3.Cr/c9-5-1-2-7(6(10)3-5)13-4-8(11)12;/h1-3H,4H2,(H,11,12);. The van der Waals surface area contributed by atoms with Gasteiger partial charge in [-0.3, -0.25) is 0 Å². The minimum absolute atomic E-state index is 0. The molecule has 0 amide bonds. The first-order valence-electron chi connectivity index (χ1n) is 3.39. The van der Waals surface area contributed by atoms with Gasteiger partial charge in [-0.25, -0.2) is 4.79 Å².